The van der Waals surface area contributed by atoms with Crippen molar-refractivity contribution >= 4 is 27.7 Å². The van der Waals surface area contributed by atoms with Gasteiger partial charge in [0.2, 0.25) is 5.24 Å². The average Bonchev–Trinajstić information content (AvgIpc) is 2.57. The number of aromatic nitrogens is 1. The van der Waals surface area contributed by atoms with Crippen LogP contribution in [0.4, 0.5) is 0 Å². The van der Waals surface area contributed by atoms with Gasteiger partial charge >= 0.3 is 0 Å². The van der Waals surface area contributed by atoms with Gasteiger partial charge in [0.05, 0.1) is 13.5 Å². The first-order chi connectivity index (χ1) is 7.19. The number of carbonyl (C=O) groups is 1. The van der Waals surface area contributed by atoms with Gasteiger partial charge in [0.25, 0.3) is 0 Å². The molecule has 1 aromatic heterocycles. The quantitative estimate of drug-likeness (QED) is 0.813. The number of halogens is 1. The average molecular weight is 224 g/mol. The van der Waals surface area contributed by atoms with E-state index < -0.39 is 0 Å². The molecule has 1 heterocycles. The number of benzene rings is 1. The van der Waals surface area contributed by atoms with Crippen molar-refractivity contribution in [1.82, 2.24) is 4.98 Å². The van der Waals surface area contributed by atoms with Crippen LogP contribution >= 0.6 is 11.6 Å². The Labute approximate surface area is 92.0 Å². The summed E-state index contributed by atoms with van der Waals surface area (Å²) in [6.07, 6.45) is 0.221. The van der Waals surface area contributed by atoms with Crippen LogP contribution in [0.2, 0.25) is 0 Å². The topological polar surface area (TPSA) is 42.1 Å². The van der Waals surface area contributed by atoms with E-state index in [0.717, 1.165) is 22.3 Å². The van der Waals surface area contributed by atoms with E-state index in [1.165, 1.54) is 0 Å². The van der Waals surface area contributed by atoms with Crippen LogP contribution in [0, 0.1) is 0 Å². The van der Waals surface area contributed by atoms with Crippen molar-refractivity contribution in [2.24, 2.45) is 0 Å². The molecule has 78 valence electrons. The van der Waals surface area contributed by atoms with Crippen molar-refractivity contribution in [3.05, 3.63) is 30.0 Å². The zero-order valence-electron chi connectivity index (χ0n) is 8.21. The van der Waals surface area contributed by atoms with Gasteiger partial charge < -0.3 is 9.72 Å². The monoisotopic (exact) mass is 223 g/mol. The van der Waals surface area contributed by atoms with Crippen LogP contribution < -0.4 is 4.74 Å². The molecule has 15 heavy (non-hydrogen) atoms. The second kappa shape index (κ2) is 3.95. The molecule has 4 heteroatoms. The summed E-state index contributed by atoms with van der Waals surface area (Å²) >= 11 is 5.31. The first-order valence-electron chi connectivity index (χ1n) is 4.53. The lowest BCUT2D eigenvalue weighted by molar-refractivity contribution is -0.111. The predicted molar refractivity (Wildman–Crippen MR) is 59.4 cm³/mol. The maximum atomic E-state index is 10.7. The third-order valence-electron chi connectivity index (χ3n) is 2.21. The molecular weight excluding hydrogens is 214 g/mol. The Kier molecular flexibility index (Phi) is 2.64. The molecule has 1 N–H and O–H groups in total. The molecule has 0 saturated carbocycles. The fraction of sp³-hybridized carbons (Fsp3) is 0.182. The van der Waals surface area contributed by atoms with E-state index in [0.29, 0.717) is 0 Å². The van der Waals surface area contributed by atoms with Gasteiger partial charge in [-0.05, 0) is 35.9 Å². The Morgan fingerprint density at radius 2 is 2.27 bits per heavy atom. The van der Waals surface area contributed by atoms with E-state index in [1.807, 2.05) is 24.3 Å². The Bertz CT molecular complexity index is 504. The maximum Gasteiger partial charge on any atom is 0.227 e. The molecule has 0 aliphatic rings. The van der Waals surface area contributed by atoms with Crippen LogP contribution in [0.1, 0.15) is 5.69 Å². The zero-order valence-corrected chi connectivity index (χ0v) is 8.97. The summed E-state index contributed by atoms with van der Waals surface area (Å²) in [5.41, 5.74) is 1.79. The number of hydrogen-bond donors (Lipinski definition) is 1. The standard InChI is InChI=1S/C11H10ClNO2/c1-15-9-2-3-10-7(5-9)4-8(13-10)6-11(12)14/h2-5,13H,6H2,1H3. The molecule has 0 spiro atoms. The highest BCUT2D eigenvalue weighted by Crippen LogP contribution is 2.21. The number of ether oxygens (including phenoxy) is 1. The molecule has 3 nitrogen and oxygen atoms in total. The number of carbonyl (C=O) groups excluding carboxylic acids is 1. The smallest absolute Gasteiger partial charge is 0.227 e. The van der Waals surface area contributed by atoms with Gasteiger partial charge in [0.1, 0.15) is 5.75 Å². The van der Waals surface area contributed by atoms with Crippen LogP contribution in [0.25, 0.3) is 10.9 Å². The lowest BCUT2D eigenvalue weighted by atomic mass is 10.2. The lowest BCUT2D eigenvalue weighted by Crippen LogP contribution is -1.92. The van der Waals surface area contributed by atoms with E-state index >= 15 is 0 Å². The number of rotatable bonds is 3. The molecule has 0 bridgehead atoms. The summed E-state index contributed by atoms with van der Waals surface area (Å²) in [7, 11) is 1.62. The summed E-state index contributed by atoms with van der Waals surface area (Å²) in [5, 5.41) is 0.649. The molecule has 0 fully saturated rings. The Morgan fingerprint density at radius 3 is 2.93 bits per heavy atom. The van der Waals surface area contributed by atoms with E-state index in [-0.39, 0.29) is 11.7 Å². The highest BCUT2D eigenvalue weighted by Gasteiger charge is 2.04. The largest absolute Gasteiger partial charge is 0.497 e. The van der Waals surface area contributed by atoms with Crippen molar-refractivity contribution in [3.8, 4) is 5.75 Å². The van der Waals surface area contributed by atoms with Gasteiger partial charge in [-0.3, -0.25) is 4.79 Å². The van der Waals surface area contributed by atoms with Gasteiger partial charge in [0, 0.05) is 16.6 Å². The lowest BCUT2D eigenvalue weighted by Gasteiger charge is -1.97. The summed E-state index contributed by atoms with van der Waals surface area (Å²) in [4.78, 5) is 13.9. The van der Waals surface area contributed by atoms with Crippen molar-refractivity contribution in [1.29, 1.82) is 0 Å². The molecule has 2 rings (SSSR count). The first kappa shape index (κ1) is 10.1. The van der Waals surface area contributed by atoms with Crippen LogP contribution in [0.5, 0.6) is 5.75 Å². The number of H-pyrrole nitrogens is 1. The summed E-state index contributed by atoms with van der Waals surface area (Å²) in [6.45, 7) is 0. The van der Waals surface area contributed by atoms with Crippen molar-refractivity contribution in [2.45, 2.75) is 6.42 Å². The molecule has 0 amide bonds. The summed E-state index contributed by atoms with van der Waals surface area (Å²) in [5.74, 6) is 0.797. The minimum atomic E-state index is -0.367. The van der Waals surface area contributed by atoms with Gasteiger partial charge in [-0.2, -0.15) is 0 Å². The van der Waals surface area contributed by atoms with E-state index in [4.69, 9.17) is 16.3 Å². The maximum absolute atomic E-state index is 10.7. The van der Waals surface area contributed by atoms with Gasteiger partial charge in [0.15, 0.2) is 0 Å². The first-order valence-corrected chi connectivity index (χ1v) is 4.91. The number of aromatic amines is 1. The molecule has 0 radical (unpaired) electrons. The molecule has 0 atom stereocenters. The minimum Gasteiger partial charge on any atom is -0.497 e. The van der Waals surface area contributed by atoms with Crippen LogP contribution in [0.15, 0.2) is 24.3 Å². The third kappa shape index (κ3) is 2.13. The van der Waals surface area contributed by atoms with E-state index in [9.17, 15) is 4.79 Å². The third-order valence-corrected chi connectivity index (χ3v) is 2.35. The molecule has 0 aliphatic heterocycles. The van der Waals surface area contributed by atoms with Gasteiger partial charge in [-0.15, -0.1) is 0 Å². The number of methoxy groups -OCH3 is 1. The molecule has 0 unspecified atom stereocenters. The van der Waals surface area contributed by atoms with Crippen LogP contribution in [-0.4, -0.2) is 17.3 Å². The molecule has 2 aromatic rings. The fourth-order valence-corrected chi connectivity index (χ4v) is 1.69. The number of hydrogen-bond acceptors (Lipinski definition) is 2. The molecule has 0 saturated heterocycles. The van der Waals surface area contributed by atoms with Crippen LogP contribution in [0.3, 0.4) is 0 Å². The summed E-state index contributed by atoms with van der Waals surface area (Å²) in [6, 6.07) is 7.59. The van der Waals surface area contributed by atoms with Crippen molar-refractivity contribution < 1.29 is 9.53 Å². The van der Waals surface area contributed by atoms with E-state index in [2.05, 4.69) is 4.98 Å². The highest BCUT2D eigenvalue weighted by molar-refractivity contribution is 6.63. The Morgan fingerprint density at radius 1 is 1.47 bits per heavy atom. The van der Waals surface area contributed by atoms with Crippen LogP contribution in [-0.2, 0) is 11.2 Å². The second-order valence-corrected chi connectivity index (χ2v) is 3.70. The van der Waals surface area contributed by atoms with Gasteiger partial charge in [-0.25, -0.2) is 0 Å². The summed E-state index contributed by atoms with van der Waals surface area (Å²) < 4.78 is 5.11. The van der Waals surface area contributed by atoms with Crippen molar-refractivity contribution in [3.63, 3.8) is 0 Å². The SMILES string of the molecule is COc1ccc2[nH]c(CC(=O)Cl)cc2c1. The molecule has 0 aliphatic carbocycles. The normalized spacial score (nSPS) is 10.5. The van der Waals surface area contributed by atoms with Gasteiger partial charge in [-0.1, -0.05) is 0 Å². The van der Waals surface area contributed by atoms with Crippen molar-refractivity contribution in [2.75, 3.05) is 7.11 Å². The number of fused-ring (bicyclic) bond motifs is 1. The second-order valence-electron chi connectivity index (χ2n) is 3.28. The number of nitrogens with one attached hydrogen (secondary N) is 1. The fourth-order valence-electron chi connectivity index (χ4n) is 1.54. The Balaban J connectivity index is 2.42. The van der Waals surface area contributed by atoms with E-state index in [1.54, 1.807) is 7.11 Å². The molecule has 1 aromatic carbocycles. The molecular formula is C11H10ClNO2. The highest BCUT2D eigenvalue weighted by atomic mass is 35.5. The zero-order chi connectivity index (χ0) is 10.8. The predicted octanol–water partition coefficient (Wildman–Crippen LogP) is 2.48. The minimum absolute atomic E-state index is 0.221. The Hall–Kier alpha value is -1.48.